The van der Waals surface area contributed by atoms with Crippen molar-refractivity contribution in [1.29, 1.82) is 0 Å². The fourth-order valence-electron chi connectivity index (χ4n) is 1.66. The number of aryl methyl sites for hydroxylation is 1. The van der Waals surface area contributed by atoms with E-state index in [0.717, 1.165) is 19.0 Å². The van der Waals surface area contributed by atoms with Crippen LogP contribution in [0, 0.1) is 6.92 Å². The van der Waals surface area contributed by atoms with Crippen molar-refractivity contribution in [3.63, 3.8) is 0 Å². The second-order valence-corrected chi connectivity index (χ2v) is 6.24. The number of hydrogen-bond acceptors (Lipinski definition) is 2. The Bertz CT molecular complexity index is 446. The molecule has 0 amide bonds. The van der Waals surface area contributed by atoms with E-state index < -0.39 is 0 Å². The van der Waals surface area contributed by atoms with Gasteiger partial charge in [-0.15, -0.1) is 0 Å². The summed E-state index contributed by atoms with van der Waals surface area (Å²) in [6.45, 7) is 11.0. The van der Waals surface area contributed by atoms with Crippen LogP contribution in [0.25, 0.3) is 0 Å². The molecule has 0 aliphatic rings. The molecule has 4 nitrogen and oxygen atoms in total. The molecular formula is C17H30N4. The Kier molecular flexibility index (Phi) is 6.69. The van der Waals surface area contributed by atoms with Crippen LogP contribution in [0.3, 0.4) is 0 Å². The number of guanidine groups is 1. The van der Waals surface area contributed by atoms with Crippen LogP contribution < -0.4 is 10.6 Å². The van der Waals surface area contributed by atoms with Crippen molar-refractivity contribution in [2.45, 2.75) is 39.8 Å². The largest absolute Gasteiger partial charge is 0.357 e. The summed E-state index contributed by atoms with van der Waals surface area (Å²) >= 11 is 0. The standard InChI is InChI=1S/C17H30N4/c1-7-18-16(20-13-17(3,4)21(5)6)19-12-15-10-8-14(2)9-11-15/h8-11H,7,12-13H2,1-6H3,(H2,18,19,20). The summed E-state index contributed by atoms with van der Waals surface area (Å²) in [7, 11) is 4.19. The van der Waals surface area contributed by atoms with Gasteiger partial charge in [-0.25, -0.2) is 4.99 Å². The highest BCUT2D eigenvalue weighted by Crippen LogP contribution is 2.08. The van der Waals surface area contributed by atoms with E-state index in [2.05, 4.69) is 86.6 Å². The zero-order valence-electron chi connectivity index (χ0n) is 14.3. The molecule has 0 aliphatic carbocycles. The Balaban J connectivity index is 2.63. The number of hydrogen-bond donors (Lipinski definition) is 2. The zero-order chi connectivity index (χ0) is 15.9. The minimum absolute atomic E-state index is 0.0834. The Morgan fingerprint density at radius 3 is 2.29 bits per heavy atom. The average Bonchev–Trinajstić information content (AvgIpc) is 2.43. The Morgan fingerprint density at radius 2 is 1.76 bits per heavy atom. The van der Waals surface area contributed by atoms with Gasteiger partial charge in [0.25, 0.3) is 0 Å². The predicted molar refractivity (Wildman–Crippen MR) is 91.8 cm³/mol. The molecule has 0 atom stereocenters. The highest BCUT2D eigenvalue weighted by Gasteiger charge is 2.20. The lowest BCUT2D eigenvalue weighted by molar-refractivity contribution is 0.197. The monoisotopic (exact) mass is 290 g/mol. The van der Waals surface area contributed by atoms with Gasteiger partial charge in [-0.2, -0.15) is 0 Å². The van der Waals surface area contributed by atoms with Crippen LogP contribution in [0.1, 0.15) is 31.9 Å². The maximum absolute atomic E-state index is 4.65. The van der Waals surface area contributed by atoms with Gasteiger partial charge in [-0.3, -0.25) is 0 Å². The second-order valence-electron chi connectivity index (χ2n) is 6.24. The number of aliphatic imine (C=N–C) groups is 1. The molecule has 0 fully saturated rings. The van der Waals surface area contributed by atoms with Crippen LogP contribution in [0.5, 0.6) is 0 Å². The fraction of sp³-hybridized carbons (Fsp3) is 0.588. The molecule has 0 unspecified atom stereocenters. The molecule has 0 heterocycles. The van der Waals surface area contributed by atoms with Gasteiger partial charge in [0.1, 0.15) is 0 Å². The van der Waals surface area contributed by atoms with E-state index in [0.29, 0.717) is 6.54 Å². The SMILES string of the molecule is CCNC(=NCc1ccc(C)cc1)NCC(C)(C)N(C)C. The summed E-state index contributed by atoms with van der Waals surface area (Å²) in [5.74, 6) is 0.869. The topological polar surface area (TPSA) is 39.7 Å². The van der Waals surface area contributed by atoms with Gasteiger partial charge >= 0.3 is 0 Å². The minimum atomic E-state index is 0.0834. The first-order chi connectivity index (χ1) is 9.85. The molecule has 0 aromatic heterocycles. The fourth-order valence-corrected chi connectivity index (χ4v) is 1.66. The van der Waals surface area contributed by atoms with Gasteiger partial charge < -0.3 is 15.5 Å². The Hall–Kier alpha value is -1.55. The van der Waals surface area contributed by atoms with E-state index in [1.807, 2.05) is 0 Å². The second kappa shape index (κ2) is 8.03. The van der Waals surface area contributed by atoms with Crippen LogP contribution in [-0.2, 0) is 6.54 Å². The van der Waals surface area contributed by atoms with E-state index in [1.54, 1.807) is 0 Å². The molecule has 1 aromatic rings. The molecule has 4 heteroatoms. The third kappa shape index (κ3) is 6.17. The Labute approximate surface area is 129 Å². The van der Waals surface area contributed by atoms with Crippen LogP contribution in [-0.4, -0.2) is 43.6 Å². The lowest BCUT2D eigenvalue weighted by Crippen LogP contribution is -2.50. The predicted octanol–water partition coefficient (Wildman–Crippen LogP) is 2.39. The number of likely N-dealkylation sites (N-methyl/N-ethyl adjacent to an activating group) is 1. The maximum atomic E-state index is 4.65. The van der Waals surface area contributed by atoms with E-state index in [1.165, 1.54) is 11.1 Å². The summed E-state index contributed by atoms with van der Waals surface area (Å²) in [6, 6.07) is 8.51. The normalized spacial score (nSPS) is 12.6. The maximum Gasteiger partial charge on any atom is 0.191 e. The molecule has 0 bridgehead atoms. The molecule has 1 rings (SSSR count). The van der Waals surface area contributed by atoms with Crippen LogP contribution in [0.2, 0.25) is 0 Å². The molecule has 0 radical (unpaired) electrons. The lowest BCUT2D eigenvalue weighted by Gasteiger charge is -2.33. The summed E-state index contributed by atoms with van der Waals surface area (Å²) in [5.41, 5.74) is 2.59. The number of rotatable bonds is 6. The number of nitrogens with zero attached hydrogens (tertiary/aromatic N) is 2. The van der Waals surface area contributed by atoms with E-state index in [-0.39, 0.29) is 5.54 Å². The van der Waals surface area contributed by atoms with Gasteiger partial charge in [-0.1, -0.05) is 29.8 Å². The molecule has 0 saturated carbocycles. The van der Waals surface area contributed by atoms with Gasteiger partial charge in [0.2, 0.25) is 0 Å². The summed E-state index contributed by atoms with van der Waals surface area (Å²) in [5, 5.41) is 6.72. The smallest absolute Gasteiger partial charge is 0.191 e. The quantitative estimate of drug-likeness (QED) is 0.624. The van der Waals surface area contributed by atoms with Gasteiger partial charge in [0, 0.05) is 18.6 Å². The first-order valence-electron chi connectivity index (χ1n) is 7.60. The summed E-state index contributed by atoms with van der Waals surface area (Å²) < 4.78 is 0. The van der Waals surface area contributed by atoms with Crippen LogP contribution in [0.15, 0.2) is 29.3 Å². The van der Waals surface area contributed by atoms with E-state index in [4.69, 9.17) is 0 Å². The third-order valence-corrected chi connectivity index (χ3v) is 3.78. The van der Waals surface area contributed by atoms with Crippen molar-refractivity contribution in [3.05, 3.63) is 35.4 Å². The average molecular weight is 290 g/mol. The van der Waals surface area contributed by atoms with Crippen molar-refractivity contribution < 1.29 is 0 Å². The van der Waals surface area contributed by atoms with E-state index in [9.17, 15) is 0 Å². The van der Waals surface area contributed by atoms with Crippen LogP contribution in [0.4, 0.5) is 0 Å². The summed E-state index contributed by atoms with van der Waals surface area (Å²) in [4.78, 5) is 6.86. The molecule has 0 aliphatic heterocycles. The molecule has 2 N–H and O–H groups in total. The van der Waals surface area contributed by atoms with Gasteiger partial charge in [0.15, 0.2) is 5.96 Å². The molecule has 0 saturated heterocycles. The van der Waals surface area contributed by atoms with Crippen molar-refractivity contribution in [3.8, 4) is 0 Å². The molecular weight excluding hydrogens is 260 g/mol. The van der Waals surface area contributed by atoms with Gasteiger partial charge in [0.05, 0.1) is 6.54 Å². The first-order valence-corrected chi connectivity index (χ1v) is 7.60. The molecule has 1 aromatic carbocycles. The van der Waals surface area contributed by atoms with Crippen molar-refractivity contribution in [1.82, 2.24) is 15.5 Å². The third-order valence-electron chi connectivity index (χ3n) is 3.78. The van der Waals surface area contributed by atoms with Gasteiger partial charge in [-0.05, 0) is 47.4 Å². The summed E-state index contributed by atoms with van der Waals surface area (Å²) in [6.07, 6.45) is 0. The number of nitrogens with one attached hydrogen (secondary N) is 2. The van der Waals surface area contributed by atoms with Crippen molar-refractivity contribution in [2.75, 3.05) is 27.2 Å². The number of benzene rings is 1. The van der Waals surface area contributed by atoms with E-state index >= 15 is 0 Å². The van der Waals surface area contributed by atoms with Crippen molar-refractivity contribution >= 4 is 5.96 Å². The van der Waals surface area contributed by atoms with Crippen molar-refractivity contribution in [2.24, 2.45) is 4.99 Å². The minimum Gasteiger partial charge on any atom is -0.357 e. The molecule has 21 heavy (non-hydrogen) atoms. The molecule has 0 spiro atoms. The lowest BCUT2D eigenvalue weighted by atomic mass is 10.0. The van der Waals surface area contributed by atoms with Crippen LogP contribution >= 0.6 is 0 Å². The Morgan fingerprint density at radius 1 is 1.14 bits per heavy atom. The highest BCUT2D eigenvalue weighted by molar-refractivity contribution is 5.79. The first kappa shape index (κ1) is 17.5. The zero-order valence-corrected chi connectivity index (χ0v) is 14.3. The molecule has 118 valence electrons. The highest BCUT2D eigenvalue weighted by atomic mass is 15.2.